The van der Waals surface area contributed by atoms with Crippen molar-refractivity contribution in [3.05, 3.63) is 37.0 Å². The van der Waals surface area contributed by atoms with Crippen LogP contribution >= 0.6 is 0 Å². The molecule has 86 valence electrons. The molecular weight excluding hydrogens is 184 g/mol. The molecule has 0 saturated heterocycles. The van der Waals surface area contributed by atoms with Crippen molar-refractivity contribution >= 4 is 0 Å². The van der Waals surface area contributed by atoms with Gasteiger partial charge in [0.05, 0.1) is 6.10 Å². The molecule has 0 rings (SSSR count). The quantitative estimate of drug-likeness (QED) is 0.600. The molecule has 1 N–H and O–H groups in total. The van der Waals surface area contributed by atoms with Crippen molar-refractivity contribution in [2.24, 2.45) is 5.92 Å². The van der Waals surface area contributed by atoms with Crippen molar-refractivity contribution in [3.63, 3.8) is 0 Å². The van der Waals surface area contributed by atoms with E-state index in [1.165, 1.54) is 0 Å². The molecule has 2 unspecified atom stereocenters. The normalized spacial score (nSPS) is 15.8. The summed E-state index contributed by atoms with van der Waals surface area (Å²) in [7, 11) is 0. The first kappa shape index (κ1) is 14.2. The maximum atomic E-state index is 9.87. The van der Waals surface area contributed by atoms with Gasteiger partial charge in [-0.1, -0.05) is 58.1 Å². The monoisotopic (exact) mass is 208 g/mol. The van der Waals surface area contributed by atoms with Crippen LogP contribution < -0.4 is 0 Å². The summed E-state index contributed by atoms with van der Waals surface area (Å²) in [5.74, 6) is 0.292. The largest absolute Gasteiger partial charge is 0.393 e. The summed E-state index contributed by atoms with van der Waals surface area (Å²) in [5, 5.41) is 9.87. The SMILES string of the molecule is C=C/C=C(\C=C)CC(C)C(O)CCCC. The molecule has 0 spiro atoms. The van der Waals surface area contributed by atoms with E-state index in [-0.39, 0.29) is 6.10 Å². The first-order valence-electron chi connectivity index (χ1n) is 5.77. The van der Waals surface area contributed by atoms with Gasteiger partial charge in [-0.2, -0.15) is 0 Å². The highest BCUT2D eigenvalue weighted by atomic mass is 16.3. The standard InChI is InChI=1S/C14H24O/c1-5-8-10-14(15)12(4)11-13(7-3)9-6-2/h6-7,9,12,14-15H,2-3,5,8,10-11H2,1,4H3/b13-9+. The van der Waals surface area contributed by atoms with Gasteiger partial charge in [0.1, 0.15) is 0 Å². The molecule has 0 bridgehead atoms. The van der Waals surface area contributed by atoms with E-state index in [1.54, 1.807) is 6.08 Å². The second-order valence-electron chi connectivity index (χ2n) is 4.07. The minimum atomic E-state index is -0.196. The summed E-state index contributed by atoms with van der Waals surface area (Å²) in [6, 6.07) is 0. The van der Waals surface area contributed by atoms with Gasteiger partial charge < -0.3 is 5.11 Å². The van der Waals surface area contributed by atoms with Crippen molar-refractivity contribution in [2.75, 3.05) is 0 Å². The Kier molecular flexibility index (Phi) is 8.02. The van der Waals surface area contributed by atoms with Crippen LogP contribution in [0.1, 0.15) is 39.5 Å². The first-order chi connectivity index (χ1) is 7.15. The Bertz CT molecular complexity index is 215. The predicted octanol–water partition coefficient (Wildman–Crippen LogP) is 3.86. The third kappa shape index (κ3) is 6.29. The van der Waals surface area contributed by atoms with Gasteiger partial charge in [-0.15, -0.1) is 0 Å². The molecule has 0 amide bonds. The maximum Gasteiger partial charge on any atom is 0.0568 e. The Labute approximate surface area is 94.2 Å². The summed E-state index contributed by atoms with van der Waals surface area (Å²) < 4.78 is 0. The second kappa shape index (κ2) is 8.49. The molecule has 0 aromatic carbocycles. The van der Waals surface area contributed by atoms with Gasteiger partial charge >= 0.3 is 0 Å². The number of aliphatic hydroxyl groups excluding tert-OH is 1. The Morgan fingerprint density at radius 1 is 1.40 bits per heavy atom. The Morgan fingerprint density at radius 3 is 2.53 bits per heavy atom. The summed E-state index contributed by atoms with van der Waals surface area (Å²) >= 11 is 0. The molecule has 0 aliphatic carbocycles. The Balaban J connectivity index is 4.08. The molecule has 1 nitrogen and oxygen atoms in total. The van der Waals surface area contributed by atoms with Crippen LogP contribution in [0.15, 0.2) is 37.0 Å². The van der Waals surface area contributed by atoms with Crippen LogP contribution in [0, 0.1) is 5.92 Å². The number of hydrogen-bond donors (Lipinski definition) is 1. The third-order valence-corrected chi connectivity index (χ3v) is 2.66. The maximum absolute atomic E-state index is 9.87. The van der Waals surface area contributed by atoms with E-state index in [4.69, 9.17) is 0 Å². The molecule has 0 aromatic heterocycles. The minimum Gasteiger partial charge on any atom is -0.393 e. The number of unbranched alkanes of at least 4 members (excludes halogenated alkanes) is 1. The summed E-state index contributed by atoms with van der Waals surface area (Å²) in [6.45, 7) is 11.6. The molecule has 0 radical (unpaired) electrons. The van der Waals surface area contributed by atoms with Crippen molar-refractivity contribution < 1.29 is 5.11 Å². The van der Waals surface area contributed by atoms with E-state index in [2.05, 4.69) is 27.0 Å². The fourth-order valence-corrected chi connectivity index (χ4v) is 1.58. The third-order valence-electron chi connectivity index (χ3n) is 2.66. The Morgan fingerprint density at radius 2 is 2.07 bits per heavy atom. The summed E-state index contributed by atoms with van der Waals surface area (Å²) in [6.07, 6.45) is 9.37. The smallest absolute Gasteiger partial charge is 0.0568 e. The predicted molar refractivity (Wildman–Crippen MR) is 67.8 cm³/mol. The number of rotatable bonds is 8. The average Bonchev–Trinajstić information content (AvgIpc) is 2.24. The fourth-order valence-electron chi connectivity index (χ4n) is 1.58. The van der Waals surface area contributed by atoms with E-state index < -0.39 is 0 Å². The number of allylic oxidation sites excluding steroid dienone is 4. The lowest BCUT2D eigenvalue weighted by molar-refractivity contribution is 0.105. The van der Waals surface area contributed by atoms with Crippen molar-refractivity contribution in [2.45, 2.75) is 45.6 Å². The van der Waals surface area contributed by atoms with Crippen LogP contribution in [0.2, 0.25) is 0 Å². The van der Waals surface area contributed by atoms with Crippen LogP contribution in [0.25, 0.3) is 0 Å². The zero-order valence-corrected chi connectivity index (χ0v) is 10.1. The fraction of sp³-hybridized carbons (Fsp3) is 0.571. The number of hydrogen-bond acceptors (Lipinski definition) is 1. The van der Waals surface area contributed by atoms with Gasteiger partial charge in [-0.25, -0.2) is 0 Å². The lowest BCUT2D eigenvalue weighted by atomic mass is 9.92. The molecule has 0 heterocycles. The van der Waals surface area contributed by atoms with Crippen LogP contribution in [0.4, 0.5) is 0 Å². The summed E-state index contributed by atoms with van der Waals surface area (Å²) in [4.78, 5) is 0. The van der Waals surface area contributed by atoms with Crippen molar-refractivity contribution in [1.82, 2.24) is 0 Å². The van der Waals surface area contributed by atoms with E-state index in [1.807, 2.05) is 12.2 Å². The zero-order valence-electron chi connectivity index (χ0n) is 10.1. The lowest BCUT2D eigenvalue weighted by Crippen LogP contribution is -2.17. The summed E-state index contributed by atoms with van der Waals surface area (Å²) in [5.41, 5.74) is 1.15. The molecule has 0 saturated carbocycles. The Hall–Kier alpha value is -0.820. The zero-order chi connectivity index (χ0) is 11.7. The number of aliphatic hydroxyl groups is 1. The molecule has 0 aromatic rings. The van der Waals surface area contributed by atoms with Crippen molar-refractivity contribution in [1.29, 1.82) is 0 Å². The van der Waals surface area contributed by atoms with Crippen LogP contribution in [0.3, 0.4) is 0 Å². The molecule has 2 atom stereocenters. The molecule has 0 aliphatic rings. The van der Waals surface area contributed by atoms with E-state index in [0.29, 0.717) is 5.92 Å². The van der Waals surface area contributed by atoms with Gasteiger partial charge in [0.15, 0.2) is 0 Å². The topological polar surface area (TPSA) is 20.2 Å². The van der Waals surface area contributed by atoms with Crippen LogP contribution in [-0.2, 0) is 0 Å². The van der Waals surface area contributed by atoms with Gasteiger partial charge in [-0.05, 0) is 24.3 Å². The van der Waals surface area contributed by atoms with Gasteiger partial charge in [0.25, 0.3) is 0 Å². The van der Waals surface area contributed by atoms with Crippen LogP contribution in [-0.4, -0.2) is 11.2 Å². The van der Waals surface area contributed by atoms with E-state index in [9.17, 15) is 5.11 Å². The van der Waals surface area contributed by atoms with E-state index in [0.717, 1.165) is 31.3 Å². The minimum absolute atomic E-state index is 0.196. The molecule has 0 fully saturated rings. The first-order valence-corrected chi connectivity index (χ1v) is 5.77. The molecule has 1 heteroatoms. The van der Waals surface area contributed by atoms with E-state index >= 15 is 0 Å². The lowest BCUT2D eigenvalue weighted by Gasteiger charge is -2.18. The highest BCUT2D eigenvalue weighted by Gasteiger charge is 2.13. The van der Waals surface area contributed by atoms with Gasteiger partial charge in [0, 0.05) is 0 Å². The molecular formula is C14H24O. The average molecular weight is 208 g/mol. The highest BCUT2D eigenvalue weighted by molar-refractivity contribution is 5.21. The highest BCUT2D eigenvalue weighted by Crippen LogP contribution is 2.19. The molecule has 0 aliphatic heterocycles. The van der Waals surface area contributed by atoms with Crippen molar-refractivity contribution in [3.8, 4) is 0 Å². The second-order valence-corrected chi connectivity index (χ2v) is 4.07. The van der Waals surface area contributed by atoms with Gasteiger partial charge in [0.2, 0.25) is 0 Å². The van der Waals surface area contributed by atoms with Crippen LogP contribution in [0.5, 0.6) is 0 Å². The van der Waals surface area contributed by atoms with Gasteiger partial charge in [-0.3, -0.25) is 0 Å². The molecule has 15 heavy (non-hydrogen) atoms.